The predicted molar refractivity (Wildman–Crippen MR) is 81.6 cm³/mol. The van der Waals surface area contributed by atoms with Crippen LogP contribution < -0.4 is 0 Å². The number of benzene rings is 1. The quantitative estimate of drug-likeness (QED) is 0.846. The van der Waals surface area contributed by atoms with E-state index >= 15 is 0 Å². The zero-order valence-electron chi connectivity index (χ0n) is 13.0. The monoisotopic (exact) mass is 292 g/mol. The van der Waals surface area contributed by atoms with Crippen LogP contribution in [-0.4, -0.2) is 56.2 Å². The molecule has 1 aromatic rings. The fraction of sp³-hybridized carbons (Fsp3) is 0.647. The SMILES string of the molecule is CN(C)C[C@@H]1OC[C@H]2CN(Cc3ccc(F)cc3)CC[C@H]21. The van der Waals surface area contributed by atoms with Crippen molar-refractivity contribution in [3.63, 3.8) is 0 Å². The highest BCUT2D eigenvalue weighted by Gasteiger charge is 2.40. The molecule has 0 amide bonds. The Bertz CT molecular complexity index is 462. The summed E-state index contributed by atoms with van der Waals surface area (Å²) in [4.78, 5) is 4.70. The lowest BCUT2D eigenvalue weighted by molar-refractivity contribution is 0.0626. The lowest BCUT2D eigenvalue weighted by Gasteiger charge is -2.36. The standard InChI is InChI=1S/C17H25FN2O/c1-19(2)11-17-16-7-8-20(10-14(16)12-21-17)9-13-3-5-15(18)6-4-13/h3-6,14,16-17H,7-12H2,1-2H3/t14-,16-,17+/m1/s1. The van der Waals surface area contributed by atoms with Crippen molar-refractivity contribution in [2.75, 3.05) is 40.3 Å². The molecule has 3 rings (SSSR count). The van der Waals surface area contributed by atoms with Crippen LogP contribution in [0.4, 0.5) is 4.39 Å². The van der Waals surface area contributed by atoms with E-state index in [4.69, 9.17) is 4.74 Å². The lowest BCUT2D eigenvalue weighted by Crippen LogP contribution is -2.42. The van der Waals surface area contributed by atoms with E-state index in [1.807, 2.05) is 12.1 Å². The first-order valence-electron chi connectivity index (χ1n) is 7.85. The van der Waals surface area contributed by atoms with Gasteiger partial charge < -0.3 is 9.64 Å². The number of nitrogens with zero attached hydrogens (tertiary/aromatic N) is 2. The Morgan fingerprint density at radius 1 is 1.29 bits per heavy atom. The highest BCUT2D eigenvalue weighted by Crippen LogP contribution is 2.35. The molecule has 0 unspecified atom stereocenters. The molecule has 4 heteroatoms. The van der Waals surface area contributed by atoms with Crippen LogP contribution in [0.25, 0.3) is 0 Å². The molecule has 2 aliphatic rings. The third-order valence-corrected chi connectivity index (χ3v) is 4.74. The number of piperidine rings is 1. The van der Waals surface area contributed by atoms with Gasteiger partial charge in [-0.2, -0.15) is 0 Å². The third-order valence-electron chi connectivity index (χ3n) is 4.74. The first kappa shape index (κ1) is 14.9. The van der Waals surface area contributed by atoms with Gasteiger partial charge in [-0.1, -0.05) is 12.1 Å². The topological polar surface area (TPSA) is 15.7 Å². The summed E-state index contributed by atoms with van der Waals surface area (Å²) in [5, 5.41) is 0. The number of likely N-dealkylation sites (N-methyl/N-ethyl adjacent to an activating group) is 1. The Morgan fingerprint density at radius 2 is 2.05 bits per heavy atom. The molecule has 0 aromatic heterocycles. The van der Waals surface area contributed by atoms with Crippen molar-refractivity contribution in [1.82, 2.24) is 9.80 Å². The molecule has 2 fully saturated rings. The van der Waals surface area contributed by atoms with Crippen molar-refractivity contribution in [3.8, 4) is 0 Å². The van der Waals surface area contributed by atoms with Gasteiger partial charge in [-0.25, -0.2) is 4.39 Å². The summed E-state index contributed by atoms with van der Waals surface area (Å²) in [6.45, 7) is 5.06. The summed E-state index contributed by atoms with van der Waals surface area (Å²) in [6.07, 6.45) is 1.61. The minimum Gasteiger partial charge on any atom is -0.376 e. The number of likely N-dealkylation sites (tertiary alicyclic amines) is 1. The van der Waals surface area contributed by atoms with Crippen molar-refractivity contribution < 1.29 is 9.13 Å². The molecule has 2 saturated heterocycles. The second-order valence-corrected chi connectivity index (χ2v) is 6.71. The van der Waals surface area contributed by atoms with Crippen LogP contribution in [-0.2, 0) is 11.3 Å². The zero-order chi connectivity index (χ0) is 14.8. The number of halogens is 1. The second-order valence-electron chi connectivity index (χ2n) is 6.71. The van der Waals surface area contributed by atoms with E-state index in [2.05, 4.69) is 23.9 Å². The van der Waals surface area contributed by atoms with Gasteiger partial charge in [0.25, 0.3) is 0 Å². The third kappa shape index (κ3) is 3.62. The van der Waals surface area contributed by atoms with Crippen molar-refractivity contribution in [3.05, 3.63) is 35.6 Å². The second kappa shape index (κ2) is 6.42. The molecule has 0 aliphatic carbocycles. The van der Waals surface area contributed by atoms with E-state index < -0.39 is 0 Å². The largest absolute Gasteiger partial charge is 0.376 e. The van der Waals surface area contributed by atoms with E-state index in [9.17, 15) is 4.39 Å². The average molecular weight is 292 g/mol. The van der Waals surface area contributed by atoms with Crippen molar-refractivity contribution in [2.24, 2.45) is 11.8 Å². The summed E-state index contributed by atoms with van der Waals surface area (Å²) in [5.74, 6) is 1.20. The molecule has 0 bridgehead atoms. The van der Waals surface area contributed by atoms with E-state index in [-0.39, 0.29) is 5.82 Å². The van der Waals surface area contributed by atoms with Gasteiger partial charge in [0.2, 0.25) is 0 Å². The molecule has 3 nitrogen and oxygen atoms in total. The molecule has 0 saturated carbocycles. The summed E-state index contributed by atoms with van der Waals surface area (Å²) in [7, 11) is 4.22. The maximum Gasteiger partial charge on any atom is 0.123 e. The number of hydrogen-bond acceptors (Lipinski definition) is 3. The van der Waals surface area contributed by atoms with Gasteiger partial charge in [-0.05, 0) is 50.7 Å². The Balaban J connectivity index is 1.55. The van der Waals surface area contributed by atoms with Gasteiger partial charge in [0, 0.05) is 25.6 Å². The van der Waals surface area contributed by atoms with Gasteiger partial charge in [-0.3, -0.25) is 4.90 Å². The molecule has 1 aromatic carbocycles. The fourth-order valence-electron chi connectivity index (χ4n) is 3.70. The summed E-state index contributed by atoms with van der Waals surface area (Å²) in [5.41, 5.74) is 1.19. The molecule has 0 spiro atoms. The van der Waals surface area contributed by atoms with Crippen LogP contribution in [0.15, 0.2) is 24.3 Å². The van der Waals surface area contributed by atoms with Crippen molar-refractivity contribution in [1.29, 1.82) is 0 Å². The van der Waals surface area contributed by atoms with Gasteiger partial charge in [0.15, 0.2) is 0 Å². The molecule has 116 valence electrons. The summed E-state index contributed by atoms with van der Waals surface area (Å²) in [6, 6.07) is 6.88. The molecular weight excluding hydrogens is 267 g/mol. The molecular formula is C17H25FN2O. The van der Waals surface area contributed by atoms with E-state index in [1.54, 1.807) is 12.1 Å². The smallest absolute Gasteiger partial charge is 0.123 e. The number of fused-ring (bicyclic) bond motifs is 1. The maximum absolute atomic E-state index is 13.0. The molecule has 0 N–H and O–H groups in total. The van der Waals surface area contributed by atoms with Crippen LogP contribution in [0.3, 0.4) is 0 Å². The number of hydrogen-bond donors (Lipinski definition) is 0. The van der Waals surface area contributed by atoms with Crippen molar-refractivity contribution >= 4 is 0 Å². The number of ether oxygens (including phenoxy) is 1. The molecule has 2 heterocycles. The van der Waals surface area contributed by atoms with Crippen LogP contribution in [0.2, 0.25) is 0 Å². The maximum atomic E-state index is 13.0. The van der Waals surface area contributed by atoms with Crippen LogP contribution in [0.1, 0.15) is 12.0 Å². The highest BCUT2D eigenvalue weighted by atomic mass is 19.1. The highest BCUT2D eigenvalue weighted by molar-refractivity contribution is 5.16. The Hall–Kier alpha value is -0.970. The van der Waals surface area contributed by atoms with Gasteiger partial charge in [0.1, 0.15) is 5.82 Å². The normalized spacial score (nSPS) is 29.8. The predicted octanol–water partition coefficient (Wildman–Crippen LogP) is 2.22. The number of rotatable bonds is 4. The van der Waals surface area contributed by atoms with Crippen LogP contribution in [0.5, 0.6) is 0 Å². The molecule has 21 heavy (non-hydrogen) atoms. The first-order chi connectivity index (χ1) is 10.1. The molecule has 0 radical (unpaired) electrons. The summed E-state index contributed by atoms with van der Waals surface area (Å²) >= 11 is 0. The zero-order valence-corrected chi connectivity index (χ0v) is 13.0. The minimum atomic E-state index is -0.159. The van der Waals surface area contributed by atoms with Crippen LogP contribution >= 0.6 is 0 Å². The Morgan fingerprint density at radius 3 is 2.76 bits per heavy atom. The van der Waals surface area contributed by atoms with E-state index in [0.29, 0.717) is 17.9 Å². The average Bonchev–Trinajstić information content (AvgIpc) is 2.83. The lowest BCUT2D eigenvalue weighted by atomic mass is 9.84. The van der Waals surface area contributed by atoms with Gasteiger partial charge in [-0.15, -0.1) is 0 Å². The van der Waals surface area contributed by atoms with Gasteiger partial charge >= 0.3 is 0 Å². The van der Waals surface area contributed by atoms with Crippen molar-refractivity contribution in [2.45, 2.75) is 19.1 Å². The Kier molecular flexibility index (Phi) is 4.57. The Labute approximate surface area is 126 Å². The van der Waals surface area contributed by atoms with Gasteiger partial charge in [0.05, 0.1) is 12.7 Å². The fourth-order valence-corrected chi connectivity index (χ4v) is 3.70. The minimum absolute atomic E-state index is 0.159. The molecule has 3 atom stereocenters. The van der Waals surface area contributed by atoms with E-state index in [0.717, 1.165) is 32.8 Å². The summed E-state index contributed by atoms with van der Waals surface area (Å²) < 4.78 is 19.0. The molecule has 2 aliphatic heterocycles. The first-order valence-corrected chi connectivity index (χ1v) is 7.85. The van der Waals surface area contributed by atoms with E-state index in [1.165, 1.54) is 12.0 Å². The van der Waals surface area contributed by atoms with Crippen LogP contribution in [0, 0.1) is 17.7 Å².